The van der Waals surface area contributed by atoms with Crippen molar-refractivity contribution in [3.63, 3.8) is 0 Å². The van der Waals surface area contributed by atoms with Crippen molar-refractivity contribution < 1.29 is 9.53 Å². The van der Waals surface area contributed by atoms with Crippen molar-refractivity contribution in [2.45, 2.75) is 33.1 Å². The summed E-state index contributed by atoms with van der Waals surface area (Å²) < 4.78 is 5.44. The van der Waals surface area contributed by atoms with E-state index in [1.54, 1.807) is 0 Å². The highest BCUT2D eigenvalue weighted by molar-refractivity contribution is 5.74. The third-order valence-electron chi connectivity index (χ3n) is 2.59. The van der Waals surface area contributed by atoms with Crippen LogP contribution in [-0.4, -0.2) is 43.8 Å². The van der Waals surface area contributed by atoms with Crippen molar-refractivity contribution in [2.75, 3.05) is 32.8 Å². The molecule has 0 atom stereocenters. The molecule has 0 aromatic rings. The van der Waals surface area contributed by atoms with Gasteiger partial charge in [0.2, 0.25) is 0 Å². The van der Waals surface area contributed by atoms with Crippen LogP contribution < -0.4 is 5.32 Å². The number of ether oxygens (including phenoxy) is 1. The molecule has 94 valence electrons. The van der Waals surface area contributed by atoms with Gasteiger partial charge in [0.15, 0.2) is 0 Å². The first-order valence-corrected chi connectivity index (χ1v) is 6.30. The van der Waals surface area contributed by atoms with E-state index in [9.17, 15) is 4.79 Å². The molecule has 2 amide bonds. The summed E-state index contributed by atoms with van der Waals surface area (Å²) in [4.78, 5) is 13.4. The molecule has 0 aromatic carbocycles. The number of nitrogens with one attached hydrogen (secondary N) is 1. The van der Waals surface area contributed by atoms with Gasteiger partial charge < -0.3 is 15.0 Å². The molecule has 0 saturated carbocycles. The van der Waals surface area contributed by atoms with E-state index in [1.807, 2.05) is 4.90 Å². The summed E-state index contributed by atoms with van der Waals surface area (Å²) in [5.74, 6) is 0.583. The summed E-state index contributed by atoms with van der Waals surface area (Å²) in [5, 5.41) is 2.92. The SMILES string of the molecule is CC(C)COCCCNC(=O)N1CCCC1. The largest absolute Gasteiger partial charge is 0.381 e. The van der Waals surface area contributed by atoms with Gasteiger partial charge in [-0.05, 0) is 25.2 Å². The Balaban J connectivity index is 1.92. The molecule has 0 aromatic heterocycles. The second-order valence-corrected chi connectivity index (χ2v) is 4.75. The monoisotopic (exact) mass is 228 g/mol. The molecule has 16 heavy (non-hydrogen) atoms. The number of hydrogen-bond donors (Lipinski definition) is 1. The number of rotatable bonds is 6. The topological polar surface area (TPSA) is 41.6 Å². The van der Waals surface area contributed by atoms with E-state index >= 15 is 0 Å². The lowest BCUT2D eigenvalue weighted by Gasteiger charge is -2.16. The Morgan fingerprint density at radius 3 is 2.69 bits per heavy atom. The van der Waals surface area contributed by atoms with Gasteiger partial charge in [-0.2, -0.15) is 0 Å². The van der Waals surface area contributed by atoms with Gasteiger partial charge in [-0.15, -0.1) is 0 Å². The van der Waals surface area contributed by atoms with Crippen LogP contribution in [0, 0.1) is 5.92 Å². The second kappa shape index (κ2) is 7.49. The van der Waals surface area contributed by atoms with Gasteiger partial charge >= 0.3 is 6.03 Å². The first-order chi connectivity index (χ1) is 7.70. The second-order valence-electron chi connectivity index (χ2n) is 4.75. The number of hydrogen-bond acceptors (Lipinski definition) is 2. The maximum absolute atomic E-state index is 11.6. The maximum Gasteiger partial charge on any atom is 0.317 e. The Labute approximate surface area is 98.3 Å². The van der Waals surface area contributed by atoms with E-state index in [0.717, 1.165) is 45.6 Å². The van der Waals surface area contributed by atoms with Crippen molar-refractivity contribution in [3.8, 4) is 0 Å². The zero-order chi connectivity index (χ0) is 11.8. The fraction of sp³-hybridized carbons (Fsp3) is 0.917. The van der Waals surface area contributed by atoms with Gasteiger partial charge in [-0.1, -0.05) is 13.8 Å². The molecule has 4 nitrogen and oxygen atoms in total. The number of carbonyl (C=O) groups excluding carboxylic acids is 1. The summed E-state index contributed by atoms with van der Waals surface area (Å²) in [7, 11) is 0. The van der Waals surface area contributed by atoms with Crippen LogP contribution in [0.3, 0.4) is 0 Å². The van der Waals surface area contributed by atoms with Crippen LogP contribution in [0.2, 0.25) is 0 Å². The van der Waals surface area contributed by atoms with Gasteiger partial charge in [-0.3, -0.25) is 0 Å². The molecule has 0 spiro atoms. The fourth-order valence-corrected chi connectivity index (χ4v) is 1.72. The van der Waals surface area contributed by atoms with E-state index < -0.39 is 0 Å². The molecular formula is C12H24N2O2. The minimum Gasteiger partial charge on any atom is -0.381 e. The minimum absolute atomic E-state index is 0.0846. The molecule has 0 unspecified atom stereocenters. The molecule has 0 bridgehead atoms. The smallest absolute Gasteiger partial charge is 0.317 e. The Morgan fingerprint density at radius 1 is 1.38 bits per heavy atom. The third-order valence-corrected chi connectivity index (χ3v) is 2.59. The zero-order valence-corrected chi connectivity index (χ0v) is 10.5. The third kappa shape index (κ3) is 5.35. The van der Waals surface area contributed by atoms with Crippen molar-refractivity contribution in [3.05, 3.63) is 0 Å². The highest BCUT2D eigenvalue weighted by Crippen LogP contribution is 2.06. The molecule has 1 N–H and O–H groups in total. The van der Waals surface area contributed by atoms with E-state index in [1.165, 1.54) is 0 Å². The molecule has 1 saturated heterocycles. The lowest BCUT2D eigenvalue weighted by molar-refractivity contribution is 0.108. The van der Waals surface area contributed by atoms with Crippen LogP contribution in [-0.2, 0) is 4.74 Å². The lowest BCUT2D eigenvalue weighted by atomic mass is 10.2. The molecular weight excluding hydrogens is 204 g/mol. The van der Waals surface area contributed by atoms with Gasteiger partial charge in [0.25, 0.3) is 0 Å². The molecule has 1 heterocycles. The molecule has 1 rings (SSSR count). The number of nitrogens with zero attached hydrogens (tertiary/aromatic N) is 1. The quantitative estimate of drug-likeness (QED) is 0.705. The van der Waals surface area contributed by atoms with Crippen LogP contribution in [0.5, 0.6) is 0 Å². The fourth-order valence-electron chi connectivity index (χ4n) is 1.72. The van der Waals surface area contributed by atoms with Crippen molar-refractivity contribution in [2.24, 2.45) is 5.92 Å². The van der Waals surface area contributed by atoms with Crippen LogP contribution in [0.4, 0.5) is 4.79 Å². The normalized spacial score (nSPS) is 15.8. The number of amides is 2. The lowest BCUT2D eigenvalue weighted by Crippen LogP contribution is -2.38. The van der Waals surface area contributed by atoms with E-state index in [-0.39, 0.29) is 6.03 Å². The summed E-state index contributed by atoms with van der Waals surface area (Å²) in [5.41, 5.74) is 0. The standard InChI is InChI=1S/C12H24N2O2/c1-11(2)10-16-9-5-6-13-12(15)14-7-3-4-8-14/h11H,3-10H2,1-2H3,(H,13,15). The molecule has 1 aliphatic heterocycles. The first kappa shape index (κ1) is 13.3. The van der Waals surface area contributed by atoms with Gasteiger partial charge in [0.1, 0.15) is 0 Å². The average Bonchev–Trinajstić information content (AvgIpc) is 2.75. The minimum atomic E-state index is 0.0846. The Morgan fingerprint density at radius 2 is 2.06 bits per heavy atom. The van der Waals surface area contributed by atoms with Crippen LogP contribution in [0.15, 0.2) is 0 Å². The average molecular weight is 228 g/mol. The predicted octanol–water partition coefficient (Wildman–Crippen LogP) is 1.85. The molecule has 1 aliphatic rings. The van der Waals surface area contributed by atoms with E-state index in [2.05, 4.69) is 19.2 Å². The molecule has 0 radical (unpaired) electrons. The summed E-state index contributed by atoms with van der Waals surface area (Å²) in [6, 6.07) is 0.0846. The summed E-state index contributed by atoms with van der Waals surface area (Å²) >= 11 is 0. The van der Waals surface area contributed by atoms with E-state index in [0.29, 0.717) is 12.5 Å². The summed E-state index contributed by atoms with van der Waals surface area (Å²) in [6.45, 7) is 8.35. The maximum atomic E-state index is 11.6. The van der Waals surface area contributed by atoms with Gasteiger partial charge in [0, 0.05) is 32.8 Å². The number of carbonyl (C=O) groups is 1. The molecule has 4 heteroatoms. The highest BCUT2D eigenvalue weighted by atomic mass is 16.5. The van der Waals surface area contributed by atoms with Crippen LogP contribution in [0.1, 0.15) is 33.1 Å². The Kier molecular flexibility index (Phi) is 6.23. The van der Waals surface area contributed by atoms with Gasteiger partial charge in [0.05, 0.1) is 0 Å². The van der Waals surface area contributed by atoms with Gasteiger partial charge in [-0.25, -0.2) is 4.79 Å². The first-order valence-electron chi connectivity index (χ1n) is 6.30. The van der Waals surface area contributed by atoms with Crippen molar-refractivity contribution in [1.82, 2.24) is 10.2 Å². The van der Waals surface area contributed by atoms with Crippen LogP contribution >= 0.6 is 0 Å². The van der Waals surface area contributed by atoms with Crippen molar-refractivity contribution in [1.29, 1.82) is 0 Å². The van der Waals surface area contributed by atoms with Crippen molar-refractivity contribution >= 4 is 6.03 Å². The van der Waals surface area contributed by atoms with Crippen LogP contribution in [0.25, 0.3) is 0 Å². The molecule has 1 fully saturated rings. The summed E-state index contributed by atoms with van der Waals surface area (Å²) in [6.07, 6.45) is 3.18. The highest BCUT2D eigenvalue weighted by Gasteiger charge is 2.16. The molecule has 0 aliphatic carbocycles. The predicted molar refractivity (Wildman–Crippen MR) is 64.5 cm³/mol. The Hall–Kier alpha value is -0.770. The van der Waals surface area contributed by atoms with E-state index in [4.69, 9.17) is 4.74 Å². The zero-order valence-electron chi connectivity index (χ0n) is 10.5. The number of urea groups is 1. The Bertz CT molecular complexity index is 201. The number of likely N-dealkylation sites (tertiary alicyclic amines) is 1.